The van der Waals surface area contributed by atoms with Gasteiger partial charge in [-0.05, 0) is 31.9 Å². The molecule has 3 aliphatic heterocycles. The zero-order valence-electron chi connectivity index (χ0n) is 14.1. The minimum Gasteiger partial charge on any atom is -0.395 e. The van der Waals surface area contributed by atoms with Gasteiger partial charge in [0, 0.05) is 29.2 Å². The molecule has 6 nitrogen and oxygen atoms in total. The first-order valence-corrected chi connectivity index (χ1v) is 9.06. The number of aliphatic imine (C=N–C) groups is 1. The molecule has 2 saturated heterocycles. The second kappa shape index (κ2) is 6.15. The number of carbonyl (C=O) groups is 1. The minimum absolute atomic E-state index is 0.0233. The number of anilines is 1. The third-order valence-electron chi connectivity index (χ3n) is 4.49. The normalized spacial score (nSPS) is 25.4. The maximum Gasteiger partial charge on any atom is 0.586 e. The average Bonchev–Trinajstić information content (AvgIpc) is 3.22. The standard InChI is InChI=1S/C17H17F2N3O3S/c1-10-4-3-7-21(10)15(23)20-16-22(9-11(2)26-16)12-5-6-13-14(8-12)25-17(18,19)24-13/h5-6,8,10H,2-4,7,9H2,1H3. The number of likely N-dealkylation sites (tertiary alicyclic amines) is 1. The second-order valence-corrected chi connectivity index (χ2v) is 7.53. The number of halogens is 2. The van der Waals surface area contributed by atoms with Crippen molar-refractivity contribution in [2.75, 3.05) is 18.0 Å². The highest BCUT2D eigenvalue weighted by Gasteiger charge is 2.43. The van der Waals surface area contributed by atoms with Gasteiger partial charge in [-0.3, -0.25) is 0 Å². The molecule has 1 unspecified atom stereocenters. The number of benzene rings is 1. The van der Waals surface area contributed by atoms with Crippen molar-refractivity contribution < 1.29 is 23.0 Å². The van der Waals surface area contributed by atoms with Crippen LogP contribution in [-0.4, -0.2) is 41.5 Å². The maximum atomic E-state index is 13.2. The van der Waals surface area contributed by atoms with Gasteiger partial charge in [0.1, 0.15) is 0 Å². The molecule has 4 rings (SSSR count). The van der Waals surface area contributed by atoms with Crippen molar-refractivity contribution in [1.29, 1.82) is 0 Å². The van der Waals surface area contributed by atoms with Crippen molar-refractivity contribution in [3.05, 3.63) is 29.7 Å². The third-order valence-corrected chi connectivity index (χ3v) is 5.40. The van der Waals surface area contributed by atoms with Crippen molar-refractivity contribution >= 4 is 28.6 Å². The molecule has 3 heterocycles. The summed E-state index contributed by atoms with van der Waals surface area (Å²) in [6.45, 7) is 7.07. The van der Waals surface area contributed by atoms with Crippen LogP contribution in [0.3, 0.4) is 0 Å². The van der Waals surface area contributed by atoms with Crippen LogP contribution in [0.15, 0.2) is 34.7 Å². The van der Waals surface area contributed by atoms with E-state index in [1.54, 1.807) is 15.9 Å². The molecule has 1 aromatic rings. The van der Waals surface area contributed by atoms with Crippen molar-refractivity contribution in [2.24, 2.45) is 4.99 Å². The molecule has 0 aromatic heterocycles. The Morgan fingerprint density at radius 1 is 1.38 bits per heavy atom. The Bertz CT molecular complexity index is 814. The van der Waals surface area contributed by atoms with Crippen LogP contribution < -0.4 is 14.4 Å². The van der Waals surface area contributed by atoms with Crippen LogP contribution >= 0.6 is 11.8 Å². The van der Waals surface area contributed by atoms with Crippen molar-refractivity contribution in [2.45, 2.75) is 32.1 Å². The predicted octanol–water partition coefficient (Wildman–Crippen LogP) is 4.04. The van der Waals surface area contributed by atoms with Crippen LogP contribution in [0.2, 0.25) is 0 Å². The van der Waals surface area contributed by atoms with Gasteiger partial charge in [-0.2, -0.15) is 4.99 Å². The molecule has 1 aromatic carbocycles. The molecule has 26 heavy (non-hydrogen) atoms. The number of nitrogens with zero attached hydrogens (tertiary/aromatic N) is 3. The number of carbonyl (C=O) groups excluding carboxylic acids is 1. The lowest BCUT2D eigenvalue weighted by Crippen LogP contribution is -2.33. The van der Waals surface area contributed by atoms with Gasteiger partial charge in [0.2, 0.25) is 0 Å². The van der Waals surface area contributed by atoms with Gasteiger partial charge < -0.3 is 19.3 Å². The summed E-state index contributed by atoms with van der Waals surface area (Å²) >= 11 is 1.30. The number of alkyl halides is 2. The van der Waals surface area contributed by atoms with E-state index in [1.807, 2.05) is 6.92 Å². The van der Waals surface area contributed by atoms with Gasteiger partial charge in [0.05, 0.1) is 6.54 Å². The van der Waals surface area contributed by atoms with Gasteiger partial charge >= 0.3 is 12.3 Å². The summed E-state index contributed by atoms with van der Waals surface area (Å²) in [5.41, 5.74) is 0.581. The average molecular weight is 381 g/mol. The summed E-state index contributed by atoms with van der Waals surface area (Å²) in [4.78, 5) is 21.1. The summed E-state index contributed by atoms with van der Waals surface area (Å²) in [6, 6.07) is 4.38. The SMILES string of the molecule is C=C1CN(c2ccc3c(c2)OC(F)(F)O3)C(=NC(=O)N2CCCC2C)S1. The molecule has 2 fully saturated rings. The molecule has 1 atom stereocenters. The van der Waals surface area contributed by atoms with Crippen LogP contribution in [-0.2, 0) is 0 Å². The second-order valence-electron chi connectivity index (χ2n) is 6.39. The molecule has 9 heteroatoms. The number of ether oxygens (including phenoxy) is 2. The first kappa shape index (κ1) is 17.1. The van der Waals surface area contributed by atoms with Crippen LogP contribution in [0.25, 0.3) is 0 Å². The fourth-order valence-electron chi connectivity index (χ4n) is 3.21. The number of hydrogen-bond donors (Lipinski definition) is 0. The van der Waals surface area contributed by atoms with E-state index in [1.165, 1.54) is 23.9 Å². The highest BCUT2D eigenvalue weighted by molar-refractivity contribution is 8.18. The molecule has 0 aliphatic carbocycles. The Hall–Kier alpha value is -2.29. The van der Waals surface area contributed by atoms with Gasteiger partial charge in [-0.25, -0.2) is 4.79 Å². The number of thioether (sulfide) groups is 1. The molecule has 3 aliphatic rings. The molecule has 0 bridgehead atoms. The van der Waals surface area contributed by atoms with Crippen LogP contribution in [0.5, 0.6) is 11.5 Å². The number of fused-ring (bicyclic) bond motifs is 1. The molecule has 2 amide bonds. The first-order chi connectivity index (χ1) is 12.3. The number of hydrogen-bond acceptors (Lipinski definition) is 4. The largest absolute Gasteiger partial charge is 0.586 e. The van der Waals surface area contributed by atoms with Crippen LogP contribution in [0.4, 0.5) is 19.3 Å². The summed E-state index contributed by atoms with van der Waals surface area (Å²) in [7, 11) is 0. The van der Waals surface area contributed by atoms with Gasteiger partial charge in [0.15, 0.2) is 16.7 Å². The van der Waals surface area contributed by atoms with Crippen LogP contribution in [0, 0.1) is 0 Å². The summed E-state index contributed by atoms with van der Waals surface area (Å²) in [5.74, 6) is -0.0706. The van der Waals surface area contributed by atoms with Crippen molar-refractivity contribution in [1.82, 2.24) is 4.90 Å². The Morgan fingerprint density at radius 3 is 2.88 bits per heavy atom. The van der Waals surface area contributed by atoms with Crippen molar-refractivity contribution in [3.63, 3.8) is 0 Å². The van der Waals surface area contributed by atoms with E-state index in [9.17, 15) is 13.6 Å². The highest BCUT2D eigenvalue weighted by Crippen LogP contribution is 2.44. The van der Waals surface area contributed by atoms with Gasteiger partial charge in [-0.1, -0.05) is 18.3 Å². The third kappa shape index (κ3) is 3.11. The first-order valence-electron chi connectivity index (χ1n) is 8.25. The molecule has 0 spiro atoms. The monoisotopic (exact) mass is 381 g/mol. The molecule has 0 saturated carbocycles. The quantitative estimate of drug-likeness (QED) is 0.735. The molecular formula is C17H17F2N3O3S. The molecule has 0 radical (unpaired) electrons. The fraction of sp³-hybridized carbons (Fsp3) is 0.412. The summed E-state index contributed by atoms with van der Waals surface area (Å²) in [6.07, 6.45) is -1.72. The maximum absolute atomic E-state index is 13.2. The fourth-order valence-corrected chi connectivity index (χ4v) is 4.07. The van der Waals surface area contributed by atoms with Crippen molar-refractivity contribution in [3.8, 4) is 11.5 Å². The predicted molar refractivity (Wildman–Crippen MR) is 95.0 cm³/mol. The Kier molecular flexibility index (Phi) is 4.06. The van der Waals surface area contributed by atoms with E-state index in [0.717, 1.165) is 17.7 Å². The summed E-state index contributed by atoms with van der Waals surface area (Å²) < 4.78 is 35.4. The number of rotatable bonds is 1. The Labute approximate surface area is 153 Å². The molecule has 0 N–H and O–H groups in total. The van der Waals surface area contributed by atoms with E-state index in [2.05, 4.69) is 21.0 Å². The van der Waals surface area contributed by atoms with Crippen LogP contribution in [0.1, 0.15) is 19.8 Å². The molecule has 138 valence electrons. The lowest BCUT2D eigenvalue weighted by molar-refractivity contribution is -0.286. The number of urea groups is 1. The number of amides is 2. The van der Waals surface area contributed by atoms with E-state index >= 15 is 0 Å². The highest BCUT2D eigenvalue weighted by atomic mass is 32.2. The van der Waals surface area contributed by atoms with E-state index < -0.39 is 6.29 Å². The number of amidine groups is 1. The van der Waals surface area contributed by atoms with Gasteiger partial charge in [-0.15, -0.1) is 8.78 Å². The summed E-state index contributed by atoms with van der Waals surface area (Å²) in [5, 5.41) is 0.477. The van der Waals surface area contributed by atoms with E-state index in [4.69, 9.17) is 0 Å². The zero-order chi connectivity index (χ0) is 18.5. The lowest BCUT2D eigenvalue weighted by atomic mass is 10.2. The minimum atomic E-state index is -3.66. The topological polar surface area (TPSA) is 54.4 Å². The van der Waals surface area contributed by atoms with Gasteiger partial charge in [0.25, 0.3) is 0 Å². The zero-order valence-corrected chi connectivity index (χ0v) is 14.9. The molecular weight excluding hydrogens is 364 g/mol. The Balaban J connectivity index is 1.60. The van der Waals surface area contributed by atoms with E-state index in [-0.39, 0.29) is 23.6 Å². The lowest BCUT2D eigenvalue weighted by Gasteiger charge is -2.21. The van der Waals surface area contributed by atoms with E-state index in [0.29, 0.717) is 23.9 Å². The Morgan fingerprint density at radius 2 is 2.15 bits per heavy atom. The smallest absolute Gasteiger partial charge is 0.395 e.